The maximum atomic E-state index is 6.17. The quantitative estimate of drug-likeness (QED) is 0.536. The number of rotatable bonds is 6. The number of fused-ring (bicyclic) bond motifs is 3. The second-order valence-corrected chi connectivity index (χ2v) is 6.37. The molecule has 4 rings (SSSR count). The summed E-state index contributed by atoms with van der Waals surface area (Å²) in [5.74, 6) is 0.465. The van der Waals surface area contributed by atoms with Crippen LogP contribution >= 0.6 is 12.4 Å². The van der Waals surface area contributed by atoms with Crippen LogP contribution in [0.5, 0.6) is 0 Å². The molecule has 1 atom stereocenters. The van der Waals surface area contributed by atoms with Crippen molar-refractivity contribution in [1.82, 2.24) is 14.5 Å². The minimum absolute atomic E-state index is 0. The van der Waals surface area contributed by atoms with E-state index >= 15 is 0 Å². The topological polar surface area (TPSA) is 66.0 Å². The molecule has 2 aromatic heterocycles. The van der Waals surface area contributed by atoms with Gasteiger partial charge in [0.25, 0.3) is 0 Å². The van der Waals surface area contributed by atoms with E-state index in [1.807, 2.05) is 37.5 Å². The Kier molecular flexibility index (Phi) is 5.94. The fourth-order valence-electron chi connectivity index (χ4n) is 3.42. The molecule has 0 unspecified atom stereocenters. The van der Waals surface area contributed by atoms with Gasteiger partial charge >= 0.3 is 0 Å². The molecule has 2 heterocycles. The van der Waals surface area contributed by atoms with Gasteiger partial charge in [0, 0.05) is 12.0 Å². The number of aromatic nitrogens is 3. The van der Waals surface area contributed by atoms with Crippen molar-refractivity contribution < 1.29 is 4.74 Å². The summed E-state index contributed by atoms with van der Waals surface area (Å²) in [7, 11) is 0. The molecular formula is C21H23ClN4O. The summed E-state index contributed by atoms with van der Waals surface area (Å²) in [6.45, 7) is 3.32. The summed E-state index contributed by atoms with van der Waals surface area (Å²) in [5, 5.41) is 1.06. The molecule has 0 amide bonds. The van der Waals surface area contributed by atoms with Crippen LogP contribution in [0.3, 0.4) is 0 Å². The van der Waals surface area contributed by atoms with E-state index < -0.39 is 0 Å². The van der Waals surface area contributed by atoms with Crippen LogP contribution in [-0.4, -0.2) is 27.7 Å². The van der Waals surface area contributed by atoms with Gasteiger partial charge in [-0.3, -0.25) is 0 Å². The maximum absolute atomic E-state index is 6.17. The fourth-order valence-corrected chi connectivity index (χ4v) is 3.42. The summed E-state index contributed by atoms with van der Waals surface area (Å²) in [6.07, 6.45) is 2.73. The van der Waals surface area contributed by atoms with E-state index in [2.05, 4.69) is 44.9 Å². The first-order chi connectivity index (χ1) is 12.8. The summed E-state index contributed by atoms with van der Waals surface area (Å²) < 4.78 is 7.98. The van der Waals surface area contributed by atoms with E-state index in [1.54, 1.807) is 0 Å². The van der Waals surface area contributed by atoms with Crippen molar-refractivity contribution in [3.8, 4) is 0 Å². The molecule has 0 aliphatic rings. The molecular weight excluding hydrogens is 360 g/mol. The number of benzene rings is 2. The van der Waals surface area contributed by atoms with Gasteiger partial charge in [-0.2, -0.15) is 0 Å². The highest BCUT2D eigenvalue weighted by Crippen LogP contribution is 2.30. The Morgan fingerprint density at radius 1 is 1.07 bits per heavy atom. The van der Waals surface area contributed by atoms with Crippen LogP contribution in [0.25, 0.3) is 21.9 Å². The summed E-state index contributed by atoms with van der Waals surface area (Å²) >= 11 is 0. The summed E-state index contributed by atoms with van der Waals surface area (Å²) in [6, 6.07) is 18.6. The van der Waals surface area contributed by atoms with Crippen molar-refractivity contribution in [3.05, 3.63) is 66.5 Å². The van der Waals surface area contributed by atoms with Crippen molar-refractivity contribution in [2.45, 2.75) is 19.4 Å². The third-order valence-corrected chi connectivity index (χ3v) is 4.66. The molecule has 0 radical (unpaired) electrons. The second-order valence-electron chi connectivity index (χ2n) is 6.37. The van der Waals surface area contributed by atoms with E-state index in [-0.39, 0.29) is 18.4 Å². The predicted octanol–water partition coefficient (Wildman–Crippen LogP) is 4.41. The van der Waals surface area contributed by atoms with Crippen LogP contribution in [0.1, 0.15) is 18.5 Å². The first kappa shape index (κ1) is 19.1. The van der Waals surface area contributed by atoms with Gasteiger partial charge in [-0.25, -0.2) is 9.97 Å². The number of pyridine rings is 1. The lowest BCUT2D eigenvalue weighted by Gasteiger charge is -2.20. The van der Waals surface area contributed by atoms with Crippen molar-refractivity contribution in [2.75, 3.05) is 18.9 Å². The van der Waals surface area contributed by atoms with Gasteiger partial charge in [0.05, 0.1) is 30.0 Å². The molecule has 2 aromatic carbocycles. The molecule has 0 spiro atoms. The minimum Gasteiger partial charge on any atom is -0.382 e. The van der Waals surface area contributed by atoms with Crippen LogP contribution < -0.4 is 5.73 Å². The molecule has 0 saturated heterocycles. The smallest absolute Gasteiger partial charge is 0.152 e. The highest BCUT2D eigenvalue weighted by atomic mass is 35.5. The number of hydrogen-bond donors (Lipinski definition) is 1. The van der Waals surface area contributed by atoms with E-state index in [0.29, 0.717) is 19.0 Å². The Hall–Kier alpha value is -2.63. The molecule has 27 heavy (non-hydrogen) atoms. The number of anilines is 1. The van der Waals surface area contributed by atoms with Crippen LogP contribution in [-0.2, 0) is 11.2 Å². The van der Waals surface area contributed by atoms with Crippen LogP contribution in [0, 0.1) is 0 Å². The first-order valence-electron chi connectivity index (χ1n) is 8.90. The SMILES string of the molecule is CCOC[C@@H](Cc1ccccc1)n1cnc2c(N)nc3ccccc3c21.Cl. The number of imidazole rings is 1. The highest BCUT2D eigenvalue weighted by Gasteiger charge is 2.19. The molecule has 6 heteroatoms. The van der Waals surface area contributed by atoms with Gasteiger partial charge in [-0.1, -0.05) is 48.5 Å². The summed E-state index contributed by atoms with van der Waals surface area (Å²) in [5.41, 5.74) is 10.1. The third kappa shape index (κ3) is 3.75. The lowest BCUT2D eigenvalue weighted by atomic mass is 10.1. The molecule has 0 aliphatic heterocycles. The predicted molar refractivity (Wildman–Crippen MR) is 112 cm³/mol. The molecule has 4 aromatic rings. The average Bonchev–Trinajstić information content (AvgIpc) is 3.12. The second kappa shape index (κ2) is 8.37. The standard InChI is InChI=1S/C21H22N4O.ClH/c1-2-26-13-16(12-15-8-4-3-5-9-15)25-14-23-19-20(25)17-10-6-7-11-18(17)24-21(19)22;/h3-11,14,16H,2,12-13H2,1H3,(H2,22,24);1H/t16-;/m1./s1. The van der Waals surface area contributed by atoms with Gasteiger partial charge in [0.1, 0.15) is 5.52 Å². The third-order valence-electron chi connectivity index (χ3n) is 4.66. The summed E-state index contributed by atoms with van der Waals surface area (Å²) in [4.78, 5) is 9.05. The normalized spacial score (nSPS) is 12.2. The zero-order chi connectivity index (χ0) is 17.9. The number of nitrogens with zero attached hydrogens (tertiary/aromatic N) is 3. The Morgan fingerprint density at radius 2 is 1.81 bits per heavy atom. The lowest BCUT2D eigenvalue weighted by Crippen LogP contribution is -2.18. The molecule has 140 valence electrons. The van der Waals surface area contributed by atoms with Crippen LogP contribution in [0.4, 0.5) is 5.82 Å². The van der Waals surface area contributed by atoms with Gasteiger partial charge in [-0.05, 0) is 25.0 Å². The molecule has 0 fully saturated rings. The number of nitrogens with two attached hydrogens (primary N) is 1. The van der Waals surface area contributed by atoms with Crippen molar-refractivity contribution >= 4 is 40.2 Å². The monoisotopic (exact) mass is 382 g/mol. The molecule has 0 saturated carbocycles. The fraction of sp³-hybridized carbons (Fsp3) is 0.238. The average molecular weight is 383 g/mol. The molecule has 0 aliphatic carbocycles. The number of nitrogen functional groups attached to an aromatic ring is 1. The Labute approximate surface area is 164 Å². The Bertz CT molecular complexity index is 1030. The number of hydrogen-bond acceptors (Lipinski definition) is 4. The van der Waals surface area contributed by atoms with Gasteiger partial charge in [0.15, 0.2) is 5.82 Å². The molecule has 0 bridgehead atoms. The largest absolute Gasteiger partial charge is 0.382 e. The first-order valence-corrected chi connectivity index (χ1v) is 8.90. The zero-order valence-electron chi connectivity index (χ0n) is 15.2. The van der Waals surface area contributed by atoms with Crippen molar-refractivity contribution in [1.29, 1.82) is 0 Å². The lowest BCUT2D eigenvalue weighted by molar-refractivity contribution is 0.114. The van der Waals surface area contributed by atoms with Crippen molar-refractivity contribution in [2.24, 2.45) is 0 Å². The minimum atomic E-state index is 0. The zero-order valence-corrected chi connectivity index (χ0v) is 16.0. The molecule has 2 N–H and O–H groups in total. The van der Waals surface area contributed by atoms with Gasteiger partial charge < -0.3 is 15.0 Å². The van der Waals surface area contributed by atoms with Crippen molar-refractivity contribution in [3.63, 3.8) is 0 Å². The number of para-hydroxylation sites is 1. The molecule has 5 nitrogen and oxygen atoms in total. The van der Waals surface area contributed by atoms with Gasteiger partial charge in [0.2, 0.25) is 0 Å². The van der Waals surface area contributed by atoms with Crippen LogP contribution in [0.2, 0.25) is 0 Å². The Balaban J connectivity index is 0.00000210. The number of halogens is 1. The van der Waals surface area contributed by atoms with E-state index in [1.165, 1.54) is 5.56 Å². The van der Waals surface area contributed by atoms with Gasteiger partial charge in [-0.15, -0.1) is 12.4 Å². The van der Waals surface area contributed by atoms with E-state index in [0.717, 1.165) is 28.4 Å². The Morgan fingerprint density at radius 3 is 2.59 bits per heavy atom. The maximum Gasteiger partial charge on any atom is 0.152 e. The van der Waals surface area contributed by atoms with Crippen LogP contribution in [0.15, 0.2) is 60.9 Å². The highest BCUT2D eigenvalue weighted by molar-refractivity contribution is 6.06. The van der Waals surface area contributed by atoms with E-state index in [4.69, 9.17) is 10.5 Å². The van der Waals surface area contributed by atoms with E-state index in [9.17, 15) is 0 Å². The number of ether oxygens (including phenoxy) is 1.